The highest BCUT2D eigenvalue weighted by Crippen LogP contribution is 2.17. The fraction of sp³-hybridized carbons (Fsp3) is 0.333. The monoisotopic (exact) mass is 213 g/mol. The zero-order chi connectivity index (χ0) is 10.2. The molecular formula is C9H11NO3S. The Morgan fingerprint density at radius 2 is 1.79 bits per heavy atom. The van der Waals surface area contributed by atoms with Crippen LogP contribution in [0.1, 0.15) is 5.56 Å². The van der Waals surface area contributed by atoms with E-state index < -0.39 is 10.1 Å². The van der Waals surface area contributed by atoms with Crippen LogP contribution in [0.25, 0.3) is 0 Å². The van der Waals surface area contributed by atoms with E-state index in [9.17, 15) is 8.42 Å². The van der Waals surface area contributed by atoms with E-state index in [0.717, 1.165) is 5.56 Å². The van der Waals surface area contributed by atoms with Gasteiger partial charge in [0, 0.05) is 13.1 Å². The summed E-state index contributed by atoms with van der Waals surface area (Å²) in [6.07, 6.45) is 0. The first kappa shape index (κ1) is 9.64. The summed E-state index contributed by atoms with van der Waals surface area (Å²) in [7, 11) is -3.59. The predicted octanol–water partition coefficient (Wildman–Crippen LogP) is 0.931. The van der Waals surface area contributed by atoms with Crippen molar-refractivity contribution in [3.8, 4) is 0 Å². The molecule has 76 valence electrons. The van der Waals surface area contributed by atoms with Gasteiger partial charge in [-0.3, -0.25) is 0 Å². The fourth-order valence-corrected chi connectivity index (χ4v) is 1.98. The van der Waals surface area contributed by atoms with E-state index >= 15 is 0 Å². The maximum atomic E-state index is 11.5. The lowest BCUT2D eigenvalue weighted by molar-refractivity contribution is 0.0788. The molecule has 1 fully saturated rings. The summed E-state index contributed by atoms with van der Waals surface area (Å²) in [4.78, 5) is 0.204. The van der Waals surface area contributed by atoms with Crippen molar-refractivity contribution in [1.82, 2.24) is 5.06 Å². The number of nitrogens with zero attached hydrogens (tertiary/aromatic N) is 1. The molecule has 1 aliphatic heterocycles. The second kappa shape index (κ2) is 3.34. The molecule has 0 N–H and O–H groups in total. The number of hydroxylamine groups is 2. The lowest BCUT2D eigenvalue weighted by atomic mass is 10.2. The summed E-state index contributed by atoms with van der Waals surface area (Å²) in [5.41, 5.74) is 1.02. The molecule has 0 saturated carbocycles. The predicted molar refractivity (Wildman–Crippen MR) is 51.0 cm³/mol. The highest BCUT2D eigenvalue weighted by molar-refractivity contribution is 7.86. The van der Waals surface area contributed by atoms with Crippen molar-refractivity contribution in [1.29, 1.82) is 0 Å². The van der Waals surface area contributed by atoms with Crippen LogP contribution in [0.5, 0.6) is 0 Å². The molecule has 5 heteroatoms. The van der Waals surface area contributed by atoms with Crippen LogP contribution in [0.4, 0.5) is 0 Å². The van der Waals surface area contributed by atoms with Crippen molar-refractivity contribution in [2.45, 2.75) is 11.8 Å². The Morgan fingerprint density at radius 1 is 1.21 bits per heavy atom. The molecule has 0 aliphatic carbocycles. The second-order valence-corrected chi connectivity index (χ2v) is 4.80. The zero-order valence-electron chi connectivity index (χ0n) is 7.80. The molecule has 0 radical (unpaired) electrons. The van der Waals surface area contributed by atoms with Crippen molar-refractivity contribution >= 4 is 10.1 Å². The zero-order valence-corrected chi connectivity index (χ0v) is 8.62. The first-order valence-corrected chi connectivity index (χ1v) is 5.75. The van der Waals surface area contributed by atoms with E-state index in [-0.39, 0.29) is 4.90 Å². The van der Waals surface area contributed by atoms with Gasteiger partial charge in [-0.05, 0) is 19.1 Å². The van der Waals surface area contributed by atoms with Crippen molar-refractivity contribution in [2.24, 2.45) is 0 Å². The Bertz CT molecular complexity index is 420. The molecule has 0 bridgehead atoms. The highest BCUT2D eigenvalue weighted by Gasteiger charge is 2.27. The van der Waals surface area contributed by atoms with Crippen LogP contribution in [0.15, 0.2) is 29.2 Å². The quantitative estimate of drug-likeness (QED) is 0.701. The Hall–Kier alpha value is -0.910. The van der Waals surface area contributed by atoms with E-state index in [1.807, 2.05) is 6.92 Å². The summed E-state index contributed by atoms with van der Waals surface area (Å²) in [6.45, 7) is 3.28. The lowest BCUT2D eigenvalue weighted by Gasteiger charge is -2.04. The Kier molecular flexibility index (Phi) is 2.30. The molecule has 0 amide bonds. The summed E-state index contributed by atoms with van der Waals surface area (Å²) >= 11 is 0. The maximum Gasteiger partial charge on any atom is 0.313 e. The van der Waals surface area contributed by atoms with Crippen molar-refractivity contribution < 1.29 is 12.7 Å². The molecule has 1 heterocycles. The molecule has 4 nitrogen and oxygen atoms in total. The number of rotatable bonds is 3. The van der Waals surface area contributed by atoms with Crippen LogP contribution >= 0.6 is 0 Å². The van der Waals surface area contributed by atoms with Crippen molar-refractivity contribution in [2.75, 3.05) is 13.1 Å². The SMILES string of the molecule is Cc1ccc(S(=O)(=O)ON2CC2)cc1. The van der Waals surface area contributed by atoms with E-state index in [0.29, 0.717) is 13.1 Å². The van der Waals surface area contributed by atoms with Gasteiger partial charge in [-0.2, -0.15) is 17.8 Å². The van der Waals surface area contributed by atoms with E-state index in [4.69, 9.17) is 4.28 Å². The maximum absolute atomic E-state index is 11.5. The van der Waals surface area contributed by atoms with E-state index in [1.54, 1.807) is 24.3 Å². The van der Waals surface area contributed by atoms with Gasteiger partial charge in [0.1, 0.15) is 0 Å². The Labute approximate surface area is 83.2 Å². The van der Waals surface area contributed by atoms with Crippen LogP contribution in [0, 0.1) is 6.92 Å². The number of hydrogen-bond donors (Lipinski definition) is 0. The molecule has 1 saturated heterocycles. The highest BCUT2D eigenvalue weighted by atomic mass is 32.2. The Morgan fingerprint density at radius 3 is 2.29 bits per heavy atom. The largest absolute Gasteiger partial charge is 0.313 e. The molecule has 1 aromatic carbocycles. The average molecular weight is 213 g/mol. The van der Waals surface area contributed by atoms with Crippen LogP contribution in [0.3, 0.4) is 0 Å². The van der Waals surface area contributed by atoms with Gasteiger partial charge < -0.3 is 0 Å². The first-order valence-electron chi connectivity index (χ1n) is 4.34. The smallest absolute Gasteiger partial charge is 0.192 e. The third-order valence-electron chi connectivity index (χ3n) is 1.92. The standard InChI is InChI=1S/C9H11NO3S/c1-8-2-4-9(5-3-8)14(11,12)13-10-6-7-10/h2-5H,6-7H2,1H3. The molecule has 0 unspecified atom stereocenters. The summed E-state index contributed by atoms with van der Waals surface area (Å²) in [6, 6.07) is 6.60. The summed E-state index contributed by atoms with van der Waals surface area (Å²) in [5, 5.41) is 1.40. The van der Waals surface area contributed by atoms with Crippen LogP contribution in [-0.4, -0.2) is 26.6 Å². The van der Waals surface area contributed by atoms with Gasteiger partial charge in [0.25, 0.3) is 0 Å². The molecule has 1 aromatic rings. The van der Waals surface area contributed by atoms with Gasteiger partial charge in [0.05, 0.1) is 4.90 Å². The summed E-state index contributed by atoms with van der Waals surface area (Å²) in [5.74, 6) is 0. The van der Waals surface area contributed by atoms with Gasteiger partial charge in [-0.25, -0.2) is 0 Å². The van der Waals surface area contributed by atoms with Gasteiger partial charge in [0.2, 0.25) is 0 Å². The minimum atomic E-state index is -3.59. The number of benzene rings is 1. The van der Waals surface area contributed by atoms with Gasteiger partial charge in [-0.15, -0.1) is 0 Å². The molecule has 1 aliphatic rings. The Balaban J connectivity index is 2.24. The van der Waals surface area contributed by atoms with Gasteiger partial charge in [0.15, 0.2) is 0 Å². The normalized spacial score (nSPS) is 16.9. The minimum absolute atomic E-state index is 0.204. The van der Waals surface area contributed by atoms with Crippen molar-refractivity contribution in [3.05, 3.63) is 29.8 Å². The molecule has 0 spiro atoms. The van der Waals surface area contributed by atoms with Crippen molar-refractivity contribution in [3.63, 3.8) is 0 Å². The van der Waals surface area contributed by atoms with Crippen LogP contribution < -0.4 is 0 Å². The third-order valence-corrected chi connectivity index (χ3v) is 3.18. The van der Waals surface area contributed by atoms with Gasteiger partial charge in [-0.1, -0.05) is 17.7 Å². The van der Waals surface area contributed by atoms with Crippen LogP contribution in [-0.2, 0) is 14.4 Å². The molecule has 0 atom stereocenters. The van der Waals surface area contributed by atoms with Crippen LogP contribution in [0.2, 0.25) is 0 Å². The lowest BCUT2D eigenvalue weighted by Crippen LogP contribution is -2.10. The molecule has 14 heavy (non-hydrogen) atoms. The number of aryl methyl sites for hydroxylation is 1. The fourth-order valence-electron chi connectivity index (χ4n) is 1.00. The topological polar surface area (TPSA) is 46.4 Å². The second-order valence-electron chi connectivity index (χ2n) is 3.27. The van der Waals surface area contributed by atoms with Gasteiger partial charge >= 0.3 is 10.1 Å². The number of hydrogen-bond acceptors (Lipinski definition) is 4. The molecular weight excluding hydrogens is 202 g/mol. The summed E-state index contributed by atoms with van der Waals surface area (Å²) < 4.78 is 27.8. The third kappa shape index (κ3) is 2.12. The average Bonchev–Trinajstić information content (AvgIpc) is 2.88. The molecule has 2 rings (SSSR count). The molecule has 0 aromatic heterocycles. The first-order chi connectivity index (χ1) is 6.58. The minimum Gasteiger partial charge on any atom is -0.192 e. The van der Waals surface area contributed by atoms with E-state index in [1.165, 1.54) is 5.06 Å². The van der Waals surface area contributed by atoms with E-state index in [2.05, 4.69) is 0 Å².